The van der Waals surface area contributed by atoms with Crippen molar-refractivity contribution in [3.63, 3.8) is 0 Å². The summed E-state index contributed by atoms with van der Waals surface area (Å²) in [6.45, 7) is 6.56. The molecule has 0 aliphatic carbocycles. The van der Waals surface area contributed by atoms with Crippen LogP contribution in [0.3, 0.4) is 0 Å². The number of allylic oxidation sites excluding steroid dienone is 8. The van der Waals surface area contributed by atoms with Crippen LogP contribution in [0, 0.1) is 0 Å². The highest BCUT2D eigenvalue weighted by Gasteiger charge is 2.19. The molecule has 0 saturated carbocycles. The van der Waals surface area contributed by atoms with Crippen LogP contribution < -0.4 is 0 Å². The molecule has 0 radical (unpaired) electrons. The average molecular weight is 869 g/mol. The Kier molecular flexibility index (Phi) is 48.8. The van der Waals surface area contributed by atoms with Crippen LogP contribution in [0.15, 0.2) is 48.6 Å². The van der Waals surface area contributed by atoms with Crippen molar-refractivity contribution < 1.29 is 28.6 Å². The number of hydrogen-bond acceptors (Lipinski definition) is 6. The molecule has 0 heterocycles. The van der Waals surface area contributed by atoms with Gasteiger partial charge in [-0.15, -0.1) is 0 Å². The predicted octanol–water partition coefficient (Wildman–Crippen LogP) is 17.5. The SMILES string of the molecule is CCCCC/C=C\C=C/CCCCCCCCC(=O)OC(COC(=O)CC/C=C\C/C=C\CCCCCCCC)COC(=O)CCCCCCCCCCCCCCCCCC. The molecule has 0 amide bonds. The third-order valence-electron chi connectivity index (χ3n) is 11.6. The average Bonchev–Trinajstić information content (AvgIpc) is 3.27. The Morgan fingerprint density at radius 3 is 1.11 bits per heavy atom. The van der Waals surface area contributed by atoms with E-state index in [0.29, 0.717) is 19.3 Å². The first kappa shape index (κ1) is 59.4. The summed E-state index contributed by atoms with van der Waals surface area (Å²) < 4.78 is 16.7. The van der Waals surface area contributed by atoms with Crippen LogP contribution in [-0.2, 0) is 28.6 Å². The van der Waals surface area contributed by atoms with Crippen LogP contribution in [0.4, 0.5) is 0 Å². The molecule has 6 nitrogen and oxygen atoms in total. The van der Waals surface area contributed by atoms with Gasteiger partial charge in [-0.3, -0.25) is 14.4 Å². The van der Waals surface area contributed by atoms with E-state index in [1.54, 1.807) is 0 Å². The van der Waals surface area contributed by atoms with Crippen LogP contribution in [0.1, 0.15) is 271 Å². The Balaban J connectivity index is 4.42. The van der Waals surface area contributed by atoms with Gasteiger partial charge in [-0.25, -0.2) is 0 Å². The number of unbranched alkanes of at least 4 members (excludes halogenated alkanes) is 30. The zero-order valence-electron chi connectivity index (χ0n) is 41.1. The molecule has 62 heavy (non-hydrogen) atoms. The number of ether oxygens (including phenoxy) is 3. The van der Waals surface area contributed by atoms with Crippen LogP contribution >= 0.6 is 0 Å². The van der Waals surface area contributed by atoms with Gasteiger partial charge in [0.1, 0.15) is 13.2 Å². The molecule has 0 fully saturated rings. The van der Waals surface area contributed by atoms with E-state index >= 15 is 0 Å². The first-order valence-corrected chi connectivity index (χ1v) is 26.7. The molecule has 0 aromatic heterocycles. The molecule has 0 aromatic rings. The Morgan fingerprint density at radius 2 is 0.661 bits per heavy atom. The Hall–Kier alpha value is -2.63. The zero-order chi connectivity index (χ0) is 45.1. The van der Waals surface area contributed by atoms with E-state index in [2.05, 4.69) is 63.3 Å². The summed E-state index contributed by atoms with van der Waals surface area (Å²) in [6, 6.07) is 0. The summed E-state index contributed by atoms with van der Waals surface area (Å²) in [5.74, 6) is -0.966. The summed E-state index contributed by atoms with van der Waals surface area (Å²) in [5, 5.41) is 0. The van der Waals surface area contributed by atoms with Crippen molar-refractivity contribution in [2.75, 3.05) is 13.2 Å². The first-order chi connectivity index (χ1) is 30.5. The molecule has 1 unspecified atom stereocenters. The van der Waals surface area contributed by atoms with Crippen molar-refractivity contribution in [1.82, 2.24) is 0 Å². The minimum atomic E-state index is -0.798. The molecule has 0 aliphatic heterocycles. The summed E-state index contributed by atoms with van der Waals surface area (Å²) in [6.07, 6.45) is 61.0. The lowest BCUT2D eigenvalue weighted by molar-refractivity contribution is -0.166. The van der Waals surface area contributed by atoms with Gasteiger partial charge in [0.15, 0.2) is 6.10 Å². The van der Waals surface area contributed by atoms with E-state index in [1.165, 1.54) is 161 Å². The van der Waals surface area contributed by atoms with E-state index in [0.717, 1.165) is 64.2 Å². The van der Waals surface area contributed by atoms with Gasteiger partial charge in [0.25, 0.3) is 0 Å². The topological polar surface area (TPSA) is 78.9 Å². The molecule has 0 saturated heterocycles. The lowest BCUT2D eigenvalue weighted by Crippen LogP contribution is -2.30. The predicted molar refractivity (Wildman–Crippen MR) is 265 cm³/mol. The fraction of sp³-hybridized carbons (Fsp3) is 0.804. The van der Waals surface area contributed by atoms with Crippen molar-refractivity contribution in [2.24, 2.45) is 0 Å². The van der Waals surface area contributed by atoms with Crippen molar-refractivity contribution in [3.8, 4) is 0 Å². The quantitative estimate of drug-likeness (QED) is 0.0199. The molecule has 0 aliphatic rings. The van der Waals surface area contributed by atoms with Gasteiger partial charge >= 0.3 is 17.9 Å². The van der Waals surface area contributed by atoms with Crippen LogP contribution in [0.25, 0.3) is 0 Å². The van der Waals surface area contributed by atoms with Gasteiger partial charge < -0.3 is 14.2 Å². The fourth-order valence-corrected chi connectivity index (χ4v) is 7.55. The maximum Gasteiger partial charge on any atom is 0.306 e. The largest absolute Gasteiger partial charge is 0.462 e. The summed E-state index contributed by atoms with van der Waals surface area (Å²) in [4.78, 5) is 38.0. The highest BCUT2D eigenvalue weighted by atomic mass is 16.6. The summed E-state index contributed by atoms with van der Waals surface area (Å²) in [5.41, 5.74) is 0. The lowest BCUT2D eigenvalue weighted by atomic mass is 10.0. The van der Waals surface area contributed by atoms with Crippen molar-refractivity contribution in [3.05, 3.63) is 48.6 Å². The highest BCUT2D eigenvalue weighted by molar-refractivity contribution is 5.71. The Bertz CT molecular complexity index is 1090. The highest BCUT2D eigenvalue weighted by Crippen LogP contribution is 2.15. The molecule has 0 spiro atoms. The van der Waals surface area contributed by atoms with Gasteiger partial charge in [-0.05, 0) is 64.2 Å². The van der Waals surface area contributed by atoms with Gasteiger partial charge in [-0.2, -0.15) is 0 Å². The second kappa shape index (κ2) is 51.0. The molecule has 0 rings (SSSR count). The smallest absolute Gasteiger partial charge is 0.306 e. The summed E-state index contributed by atoms with van der Waals surface area (Å²) in [7, 11) is 0. The standard InChI is InChI=1S/C56H100O6/c1-4-7-10-13-16-19-22-25-27-29-31-34-37-40-43-46-49-55(58)61-52-53(51-60-54(57)48-45-42-39-36-33-30-24-21-18-15-12-9-6-3)62-56(59)50-47-44-41-38-35-32-28-26-23-20-17-14-11-8-5-2/h17,20,23,26,30,33,39,42,53H,4-16,18-19,21-22,24-25,27-29,31-32,34-38,40-41,43-52H2,1-3H3/b20-17-,26-23-,33-30-,42-39-. The molecular formula is C56H100O6. The number of carbonyl (C=O) groups is 3. The lowest BCUT2D eigenvalue weighted by Gasteiger charge is -2.18. The second-order valence-electron chi connectivity index (χ2n) is 17.8. The minimum Gasteiger partial charge on any atom is -0.462 e. The van der Waals surface area contributed by atoms with E-state index in [9.17, 15) is 14.4 Å². The van der Waals surface area contributed by atoms with Gasteiger partial charge in [0.05, 0.1) is 0 Å². The molecule has 360 valence electrons. The van der Waals surface area contributed by atoms with Crippen LogP contribution in [-0.4, -0.2) is 37.2 Å². The number of esters is 3. The number of carbonyl (C=O) groups excluding carboxylic acids is 3. The second-order valence-corrected chi connectivity index (χ2v) is 17.8. The molecule has 0 N–H and O–H groups in total. The fourth-order valence-electron chi connectivity index (χ4n) is 7.55. The maximum atomic E-state index is 12.8. The van der Waals surface area contributed by atoms with Gasteiger partial charge in [0, 0.05) is 19.3 Å². The molecular weight excluding hydrogens is 769 g/mol. The summed E-state index contributed by atoms with van der Waals surface area (Å²) >= 11 is 0. The molecule has 0 bridgehead atoms. The molecule has 1 atom stereocenters. The Morgan fingerprint density at radius 1 is 0.339 bits per heavy atom. The van der Waals surface area contributed by atoms with Gasteiger partial charge in [0.2, 0.25) is 0 Å². The maximum absolute atomic E-state index is 12.8. The van der Waals surface area contributed by atoms with E-state index in [-0.39, 0.29) is 37.5 Å². The third kappa shape index (κ3) is 48.4. The van der Waals surface area contributed by atoms with E-state index < -0.39 is 6.10 Å². The van der Waals surface area contributed by atoms with Crippen LogP contribution in [0.2, 0.25) is 0 Å². The normalized spacial score (nSPS) is 12.4. The monoisotopic (exact) mass is 869 g/mol. The van der Waals surface area contributed by atoms with Gasteiger partial charge in [-0.1, -0.05) is 236 Å². The number of rotatable bonds is 48. The number of hydrogen-bond donors (Lipinski definition) is 0. The molecule has 6 heteroatoms. The van der Waals surface area contributed by atoms with Crippen molar-refractivity contribution in [2.45, 2.75) is 277 Å². The minimum absolute atomic E-state index is 0.0925. The van der Waals surface area contributed by atoms with Crippen molar-refractivity contribution >= 4 is 17.9 Å². The zero-order valence-corrected chi connectivity index (χ0v) is 41.1. The van der Waals surface area contributed by atoms with Crippen molar-refractivity contribution in [1.29, 1.82) is 0 Å². The van der Waals surface area contributed by atoms with E-state index in [1.807, 2.05) is 6.08 Å². The Labute approximate surface area is 384 Å². The van der Waals surface area contributed by atoms with E-state index in [4.69, 9.17) is 14.2 Å². The molecule has 0 aromatic carbocycles. The first-order valence-electron chi connectivity index (χ1n) is 26.7. The third-order valence-corrected chi connectivity index (χ3v) is 11.6. The van der Waals surface area contributed by atoms with Crippen LogP contribution in [0.5, 0.6) is 0 Å².